The molecule has 1 atom stereocenters. The van der Waals surface area contributed by atoms with Crippen LogP contribution >= 0.6 is 22.6 Å². The molecule has 130 valence electrons. The first-order valence-electron chi connectivity index (χ1n) is 7.69. The van der Waals surface area contributed by atoms with E-state index in [-0.39, 0.29) is 18.7 Å². The second-order valence-electron chi connectivity index (χ2n) is 6.78. The normalized spacial score (nSPS) is 15.2. The first-order valence-corrected chi connectivity index (χ1v) is 8.77. The number of ether oxygens (including phenoxy) is 1. The minimum Gasteiger partial charge on any atom is -0.460 e. The van der Waals surface area contributed by atoms with Crippen molar-refractivity contribution in [2.75, 3.05) is 0 Å². The fourth-order valence-corrected chi connectivity index (χ4v) is 3.22. The molecule has 0 saturated heterocycles. The third-order valence-corrected chi connectivity index (χ3v) is 4.32. The number of hydrogen-bond donors (Lipinski definition) is 1. The predicted octanol–water partition coefficient (Wildman–Crippen LogP) is 2.22. The van der Waals surface area contributed by atoms with Crippen LogP contribution in [0.1, 0.15) is 49.5 Å². The van der Waals surface area contributed by atoms with Crippen molar-refractivity contribution in [3.05, 3.63) is 32.9 Å². The number of amides is 2. The molecule has 0 spiro atoms. The summed E-state index contributed by atoms with van der Waals surface area (Å²) in [7, 11) is 0. The highest BCUT2D eigenvalue weighted by molar-refractivity contribution is 14.1. The molecule has 0 aromatic heterocycles. The molecule has 6 nitrogen and oxygen atoms in total. The third kappa shape index (κ3) is 4.46. The molecule has 7 heteroatoms. The summed E-state index contributed by atoms with van der Waals surface area (Å²) in [5.41, 5.74) is 6.34. The molecule has 1 heterocycles. The Balaban J connectivity index is 2.08. The van der Waals surface area contributed by atoms with Gasteiger partial charge in [0.25, 0.3) is 5.91 Å². The van der Waals surface area contributed by atoms with Gasteiger partial charge in [-0.1, -0.05) is 0 Å². The van der Waals surface area contributed by atoms with E-state index in [9.17, 15) is 14.4 Å². The fourth-order valence-electron chi connectivity index (χ4n) is 2.66. The third-order valence-electron chi connectivity index (χ3n) is 3.65. The molecule has 2 rings (SSSR count). The van der Waals surface area contributed by atoms with Gasteiger partial charge in [-0.05, 0) is 73.5 Å². The fraction of sp³-hybridized carbons (Fsp3) is 0.471. The molecule has 24 heavy (non-hydrogen) atoms. The van der Waals surface area contributed by atoms with Crippen LogP contribution in [0.15, 0.2) is 18.2 Å². The van der Waals surface area contributed by atoms with Crippen molar-refractivity contribution in [3.63, 3.8) is 0 Å². The van der Waals surface area contributed by atoms with Gasteiger partial charge < -0.3 is 15.4 Å². The van der Waals surface area contributed by atoms with Crippen molar-refractivity contribution in [1.82, 2.24) is 4.90 Å². The average molecular weight is 444 g/mol. The van der Waals surface area contributed by atoms with Crippen molar-refractivity contribution >= 4 is 40.4 Å². The topological polar surface area (TPSA) is 89.7 Å². The Morgan fingerprint density at radius 3 is 2.62 bits per heavy atom. The van der Waals surface area contributed by atoms with E-state index in [0.29, 0.717) is 12.1 Å². The van der Waals surface area contributed by atoms with Crippen LogP contribution in [0.4, 0.5) is 0 Å². The number of nitrogens with zero attached hydrogens (tertiary/aromatic N) is 1. The molecule has 0 fully saturated rings. The Morgan fingerprint density at radius 1 is 1.38 bits per heavy atom. The molecule has 2 N–H and O–H groups in total. The number of benzene rings is 1. The number of carbonyl (C=O) groups is 3. The van der Waals surface area contributed by atoms with Gasteiger partial charge in [0.05, 0.1) is 0 Å². The SMILES string of the molecule is CC(C)(C)OC(=O)CCC(C(N)=O)N1Cc2cc(I)ccc2C1=O. The molecule has 1 aliphatic heterocycles. The van der Waals surface area contributed by atoms with Gasteiger partial charge in [-0.25, -0.2) is 0 Å². The maximum atomic E-state index is 12.5. The van der Waals surface area contributed by atoms with Crippen LogP contribution < -0.4 is 5.73 Å². The van der Waals surface area contributed by atoms with E-state index in [4.69, 9.17) is 10.5 Å². The first-order chi connectivity index (χ1) is 11.1. The van der Waals surface area contributed by atoms with Gasteiger partial charge in [0, 0.05) is 22.1 Å². The van der Waals surface area contributed by atoms with Crippen molar-refractivity contribution in [2.24, 2.45) is 5.73 Å². The maximum Gasteiger partial charge on any atom is 0.306 e. The van der Waals surface area contributed by atoms with Gasteiger partial charge in [-0.15, -0.1) is 0 Å². The van der Waals surface area contributed by atoms with Crippen molar-refractivity contribution in [1.29, 1.82) is 0 Å². The largest absolute Gasteiger partial charge is 0.460 e. The molecular weight excluding hydrogens is 423 g/mol. The first kappa shape index (κ1) is 18.7. The lowest BCUT2D eigenvalue weighted by atomic mass is 10.1. The van der Waals surface area contributed by atoms with Gasteiger partial charge in [0.15, 0.2) is 0 Å². The van der Waals surface area contributed by atoms with Crippen LogP contribution in [0, 0.1) is 3.57 Å². The highest BCUT2D eigenvalue weighted by Gasteiger charge is 2.35. The quantitative estimate of drug-likeness (QED) is 0.557. The number of carbonyl (C=O) groups excluding carboxylic acids is 3. The summed E-state index contributed by atoms with van der Waals surface area (Å²) in [4.78, 5) is 37.7. The number of fused-ring (bicyclic) bond motifs is 1. The standard InChI is InChI=1S/C17H21IN2O4/c1-17(2,3)24-14(21)7-6-13(15(19)22)20-9-10-8-11(18)4-5-12(10)16(20)23/h4-5,8,13H,6-7,9H2,1-3H3,(H2,19,22). The van der Waals surface area contributed by atoms with Crippen LogP contribution in [0.5, 0.6) is 0 Å². The summed E-state index contributed by atoms with van der Waals surface area (Å²) < 4.78 is 6.26. The highest BCUT2D eigenvalue weighted by atomic mass is 127. The van der Waals surface area contributed by atoms with E-state index in [1.807, 2.05) is 12.1 Å². The van der Waals surface area contributed by atoms with Crippen LogP contribution in [-0.2, 0) is 20.9 Å². The number of primary amides is 1. The smallest absolute Gasteiger partial charge is 0.306 e. The Hall–Kier alpha value is -1.64. The average Bonchev–Trinajstić information content (AvgIpc) is 2.73. The van der Waals surface area contributed by atoms with Gasteiger partial charge in [-0.3, -0.25) is 14.4 Å². The Labute approximate surface area is 154 Å². The van der Waals surface area contributed by atoms with E-state index < -0.39 is 23.5 Å². The Kier molecular flexibility index (Phi) is 5.52. The predicted molar refractivity (Wildman–Crippen MR) is 97.1 cm³/mol. The number of rotatable bonds is 5. The van der Waals surface area contributed by atoms with Gasteiger partial charge in [0.1, 0.15) is 11.6 Å². The lowest BCUT2D eigenvalue weighted by Gasteiger charge is -2.25. The van der Waals surface area contributed by atoms with E-state index in [0.717, 1.165) is 9.13 Å². The lowest BCUT2D eigenvalue weighted by molar-refractivity contribution is -0.155. The van der Waals surface area contributed by atoms with Crippen molar-refractivity contribution in [2.45, 2.75) is 51.8 Å². The van der Waals surface area contributed by atoms with Gasteiger partial charge >= 0.3 is 5.97 Å². The summed E-state index contributed by atoms with van der Waals surface area (Å²) >= 11 is 2.17. The summed E-state index contributed by atoms with van der Waals surface area (Å²) in [6.07, 6.45) is 0.184. The molecule has 1 unspecified atom stereocenters. The molecule has 0 radical (unpaired) electrons. The van der Waals surface area contributed by atoms with Crippen LogP contribution in [-0.4, -0.2) is 34.3 Å². The molecule has 0 aliphatic carbocycles. The van der Waals surface area contributed by atoms with E-state index in [1.165, 1.54) is 4.90 Å². The van der Waals surface area contributed by atoms with E-state index in [2.05, 4.69) is 22.6 Å². The number of nitrogens with two attached hydrogens (primary N) is 1. The molecule has 1 aromatic carbocycles. The lowest BCUT2D eigenvalue weighted by Crippen LogP contribution is -2.45. The number of halogens is 1. The van der Waals surface area contributed by atoms with Crippen LogP contribution in [0.3, 0.4) is 0 Å². The minimum atomic E-state index is -0.824. The Bertz CT molecular complexity index is 682. The maximum absolute atomic E-state index is 12.5. The molecule has 1 aromatic rings. The molecule has 0 saturated carbocycles. The highest BCUT2D eigenvalue weighted by Crippen LogP contribution is 2.27. The van der Waals surface area contributed by atoms with Crippen molar-refractivity contribution in [3.8, 4) is 0 Å². The summed E-state index contributed by atoms with van der Waals surface area (Å²) in [5.74, 6) is -1.25. The zero-order valence-corrected chi connectivity index (χ0v) is 16.1. The van der Waals surface area contributed by atoms with Gasteiger partial charge in [-0.2, -0.15) is 0 Å². The van der Waals surface area contributed by atoms with Crippen LogP contribution in [0.2, 0.25) is 0 Å². The van der Waals surface area contributed by atoms with E-state index >= 15 is 0 Å². The zero-order valence-electron chi connectivity index (χ0n) is 14.0. The number of hydrogen-bond acceptors (Lipinski definition) is 4. The molecule has 2 amide bonds. The number of esters is 1. The van der Waals surface area contributed by atoms with Gasteiger partial charge in [0.2, 0.25) is 5.91 Å². The minimum absolute atomic E-state index is 0.0303. The zero-order chi connectivity index (χ0) is 18.1. The monoisotopic (exact) mass is 444 g/mol. The summed E-state index contributed by atoms with van der Waals surface area (Å²) in [6, 6.07) is 4.70. The molecule has 0 bridgehead atoms. The summed E-state index contributed by atoms with van der Waals surface area (Å²) in [6.45, 7) is 5.66. The molecular formula is C17H21IN2O4. The second-order valence-corrected chi connectivity index (χ2v) is 8.02. The summed E-state index contributed by atoms with van der Waals surface area (Å²) in [5, 5.41) is 0. The second kappa shape index (κ2) is 7.08. The van der Waals surface area contributed by atoms with Crippen molar-refractivity contribution < 1.29 is 19.1 Å². The van der Waals surface area contributed by atoms with Crippen LogP contribution in [0.25, 0.3) is 0 Å². The van der Waals surface area contributed by atoms with E-state index in [1.54, 1.807) is 26.8 Å². The Morgan fingerprint density at radius 2 is 2.04 bits per heavy atom. The molecule has 1 aliphatic rings.